The van der Waals surface area contributed by atoms with Gasteiger partial charge in [-0.3, -0.25) is 4.79 Å². The summed E-state index contributed by atoms with van der Waals surface area (Å²) in [4.78, 5) is 18.8. The second-order valence-electron chi connectivity index (χ2n) is 6.89. The van der Waals surface area contributed by atoms with Gasteiger partial charge in [-0.1, -0.05) is 5.16 Å². The molecular formula is C20H29N5O3. The van der Waals surface area contributed by atoms with Crippen LogP contribution in [0.1, 0.15) is 25.2 Å². The molecule has 2 heterocycles. The maximum Gasteiger partial charge on any atom is 0.226 e. The fourth-order valence-corrected chi connectivity index (χ4v) is 3.17. The van der Waals surface area contributed by atoms with Crippen LogP contribution >= 0.6 is 0 Å². The number of aromatic nitrogens is 2. The standard InChI is InChI=1S/C20H29N5O3/c1-27-17-8-6-16(7-9-17)20-23-19(28-24-20)5-2-4-18(26)22-10-3-13-25-14-11-21-12-15-25/h6-9,21H,2-5,10-15H2,1H3,(H,22,26). The molecule has 3 rings (SSSR count). The SMILES string of the molecule is COc1ccc(-c2noc(CCCC(=O)NCCCN3CCNCC3)n2)cc1. The van der Waals surface area contributed by atoms with Crippen molar-refractivity contribution in [1.82, 2.24) is 25.7 Å². The monoisotopic (exact) mass is 387 g/mol. The van der Waals surface area contributed by atoms with Gasteiger partial charge in [0.25, 0.3) is 0 Å². The highest BCUT2D eigenvalue weighted by Gasteiger charge is 2.11. The molecule has 0 radical (unpaired) electrons. The molecule has 2 aromatic rings. The first-order valence-corrected chi connectivity index (χ1v) is 9.91. The van der Waals surface area contributed by atoms with Crippen LogP contribution in [0.25, 0.3) is 11.4 Å². The van der Waals surface area contributed by atoms with E-state index in [2.05, 4.69) is 25.7 Å². The minimum absolute atomic E-state index is 0.0789. The maximum atomic E-state index is 12.0. The van der Waals surface area contributed by atoms with Gasteiger partial charge in [0.1, 0.15) is 5.75 Å². The number of rotatable bonds is 10. The first kappa shape index (κ1) is 20.3. The van der Waals surface area contributed by atoms with E-state index in [1.54, 1.807) is 7.11 Å². The van der Waals surface area contributed by atoms with Gasteiger partial charge in [-0.15, -0.1) is 0 Å². The quantitative estimate of drug-likeness (QED) is 0.597. The van der Waals surface area contributed by atoms with Crippen LogP contribution < -0.4 is 15.4 Å². The van der Waals surface area contributed by atoms with Gasteiger partial charge in [0.05, 0.1) is 7.11 Å². The van der Waals surface area contributed by atoms with E-state index in [9.17, 15) is 4.79 Å². The number of hydrogen-bond acceptors (Lipinski definition) is 7. The number of amides is 1. The molecule has 8 heteroatoms. The van der Waals surface area contributed by atoms with Crippen LogP contribution in [0.2, 0.25) is 0 Å². The molecule has 152 valence electrons. The van der Waals surface area contributed by atoms with Crippen LogP contribution in [0.3, 0.4) is 0 Å². The fourth-order valence-electron chi connectivity index (χ4n) is 3.17. The number of nitrogens with one attached hydrogen (secondary N) is 2. The zero-order valence-corrected chi connectivity index (χ0v) is 16.4. The number of hydrogen-bond donors (Lipinski definition) is 2. The van der Waals surface area contributed by atoms with E-state index in [0.717, 1.165) is 57.0 Å². The topological polar surface area (TPSA) is 92.5 Å². The Morgan fingerprint density at radius 1 is 1.25 bits per heavy atom. The van der Waals surface area contributed by atoms with Gasteiger partial charge < -0.3 is 24.8 Å². The number of ether oxygens (including phenoxy) is 1. The third-order valence-corrected chi connectivity index (χ3v) is 4.79. The largest absolute Gasteiger partial charge is 0.497 e. The van der Waals surface area contributed by atoms with Gasteiger partial charge in [-0.25, -0.2) is 0 Å². The van der Waals surface area contributed by atoms with Crippen LogP contribution in [0.15, 0.2) is 28.8 Å². The normalized spacial score (nSPS) is 14.8. The Bertz CT molecular complexity index is 726. The molecule has 1 aromatic carbocycles. The lowest BCUT2D eigenvalue weighted by Crippen LogP contribution is -2.44. The summed E-state index contributed by atoms with van der Waals surface area (Å²) >= 11 is 0. The lowest BCUT2D eigenvalue weighted by molar-refractivity contribution is -0.121. The number of methoxy groups -OCH3 is 1. The van der Waals surface area contributed by atoms with E-state index in [0.29, 0.717) is 31.0 Å². The number of aryl methyl sites for hydroxylation is 1. The van der Waals surface area contributed by atoms with E-state index in [4.69, 9.17) is 9.26 Å². The zero-order chi connectivity index (χ0) is 19.6. The van der Waals surface area contributed by atoms with Crippen LogP contribution in [0.5, 0.6) is 5.75 Å². The van der Waals surface area contributed by atoms with Crippen molar-refractivity contribution in [2.75, 3.05) is 46.4 Å². The number of nitrogens with zero attached hydrogens (tertiary/aromatic N) is 3. The smallest absolute Gasteiger partial charge is 0.226 e. The molecule has 1 saturated heterocycles. The summed E-state index contributed by atoms with van der Waals surface area (Å²) in [5.41, 5.74) is 0.873. The summed E-state index contributed by atoms with van der Waals surface area (Å²) in [7, 11) is 1.63. The molecular weight excluding hydrogens is 358 g/mol. The van der Waals surface area contributed by atoms with Crippen LogP contribution in [0.4, 0.5) is 0 Å². The van der Waals surface area contributed by atoms with Crippen molar-refractivity contribution in [3.8, 4) is 17.1 Å². The first-order chi connectivity index (χ1) is 13.7. The Kier molecular flexibility index (Phi) is 7.81. The molecule has 0 unspecified atom stereocenters. The Labute approximate surface area is 165 Å². The van der Waals surface area contributed by atoms with Gasteiger partial charge >= 0.3 is 0 Å². The van der Waals surface area contributed by atoms with Gasteiger partial charge in [-0.2, -0.15) is 4.98 Å². The third kappa shape index (κ3) is 6.31. The van der Waals surface area contributed by atoms with Crippen molar-refractivity contribution in [2.45, 2.75) is 25.7 Å². The molecule has 1 aliphatic rings. The van der Waals surface area contributed by atoms with Crippen molar-refractivity contribution < 1.29 is 14.1 Å². The fraction of sp³-hybridized carbons (Fsp3) is 0.550. The summed E-state index contributed by atoms with van der Waals surface area (Å²) in [6.07, 6.45) is 2.74. The molecule has 0 atom stereocenters. The van der Waals surface area contributed by atoms with Crippen LogP contribution in [-0.4, -0.2) is 67.3 Å². The lowest BCUT2D eigenvalue weighted by Gasteiger charge is -2.27. The number of benzene rings is 1. The minimum Gasteiger partial charge on any atom is -0.497 e. The van der Waals surface area contributed by atoms with Gasteiger partial charge in [0.15, 0.2) is 0 Å². The molecule has 0 spiro atoms. The van der Waals surface area contributed by atoms with Crippen molar-refractivity contribution in [1.29, 1.82) is 0 Å². The third-order valence-electron chi connectivity index (χ3n) is 4.79. The molecule has 1 amide bonds. The van der Waals surface area contributed by atoms with E-state index in [-0.39, 0.29) is 5.91 Å². The summed E-state index contributed by atoms with van der Waals surface area (Å²) in [5, 5.41) is 10.3. The Morgan fingerprint density at radius 3 is 2.79 bits per heavy atom. The van der Waals surface area contributed by atoms with Crippen LogP contribution in [-0.2, 0) is 11.2 Å². The van der Waals surface area contributed by atoms with E-state index >= 15 is 0 Å². The lowest BCUT2D eigenvalue weighted by atomic mass is 10.2. The molecule has 1 aliphatic heterocycles. The molecule has 1 aromatic heterocycles. The van der Waals surface area contributed by atoms with Crippen molar-refractivity contribution >= 4 is 5.91 Å². The van der Waals surface area contributed by atoms with Crippen molar-refractivity contribution in [3.05, 3.63) is 30.2 Å². The highest BCUT2D eigenvalue weighted by molar-refractivity contribution is 5.75. The van der Waals surface area contributed by atoms with Gasteiger partial charge in [-0.05, 0) is 43.7 Å². The average Bonchev–Trinajstić information content (AvgIpc) is 3.21. The van der Waals surface area contributed by atoms with Crippen molar-refractivity contribution in [3.63, 3.8) is 0 Å². The minimum atomic E-state index is 0.0789. The molecule has 0 bridgehead atoms. The first-order valence-electron chi connectivity index (χ1n) is 9.91. The highest BCUT2D eigenvalue weighted by Crippen LogP contribution is 2.20. The Hall–Kier alpha value is -2.45. The number of carbonyl (C=O) groups excluding carboxylic acids is 1. The summed E-state index contributed by atoms with van der Waals surface area (Å²) in [6, 6.07) is 7.50. The maximum absolute atomic E-state index is 12.0. The molecule has 28 heavy (non-hydrogen) atoms. The van der Waals surface area contributed by atoms with E-state index < -0.39 is 0 Å². The summed E-state index contributed by atoms with van der Waals surface area (Å²) < 4.78 is 10.4. The summed E-state index contributed by atoms with van der Waals surface area (Å²) in [5.74, 6) is 1.97. The predicted molar refractivity (Wildman–Crippen MR) is 106 cm³/mol. The predicted octanol–water partition coefficient (Wildman–Crippen LogP) is 1.48. The number of carbonyl (C=O) groups is 1. The number of piperazine rings is 1. The van der Waals surface area contributed by atoms with Crippen molar-refractivity contribution in [2.24, 2.45) is 0 Å². The van der Waals surface area contributed by atoms with Gasteiger partial charge in [0.2, 0.25) is 17.6 Å². The summed E-state index contributed by atoms with van der Waals surface area (Å²) in [6.45, 7) is 6.07. The second-order valence-corrected chi connectivity index (χ2v) is 6.89. The Morgan fingerprint density at radius 2 is 2.04 bits per heavy atom. The molecule has 2 N–H and O–H groups in total. The van der Waals surface area contributed by atoms with Gasteiger partial charge in [0, 0.05) is 51.1 Å². The average molecular weight is 387 g/mol. The van der Waals surface area contributed by atoms with E-state index in [1.807, 2.05) is 24.3 Å². The van der Waals surface area contributed by atoms with Crippen LogP contribution in [0, 0.1) is 0 Å². The zero-order valence-electron chi connectivity index (χ0n) is 16.4. The molecule has 8 nitrogen and oxygen atoms in total. The van der Waals surface area contributed by atoms with E-state index in [1.165, 1.54) is 0 Å². The molecule has 0 aliphatic carbocycles. The highest BCUT2D eigenvalue weighted by atomic mass is 16.5. The Balaban J connectivity index is 1.31. The molecule has 0 saturated carbocycles. The molecule has 1 fully saturated rings. The second kappa shape index (κ2) is 10.8.